The molecule has 0 saturated heterocycles. The second-order valence-electron chi connectivity index (χ2n) is 3.92. The first-order valence-electron chi connectivity index (χ1n) is 5.60. The first-order chi connectivity index (χ1) is 8.49. The van der Waals surface area contributed by atoms with Crippen LogP contribution in [0.3, 0.4) is 0 Å². The molecule has 1 atom stereocenters. The van der Waals surface area contributed by atoms with Crippen molar-refractivity contribution in [3.05, 3.63) is 23.3 Å². The van der Waals surface area contributed by atoms with E-state index in [9.17, 15) is 9.18 Å². The topological polar surface area (TPSA) is 55.8 Å². The van der Waals surface area contributed by atoms with Gasteiger partial charge in [0, 0.05) is 6.42 Å². The van der Waals surface area contributed by atoms with E-state index in [1.165, 1.54) is 21.1 Å². The fraction of sp³-hybridized carbons (Fsp3) is 0.462. The van der Waals surface area contributed by atoms with Crippen molar-refractivity contribution in [1.29, 1.82) is 0 Å². The van der Waals surface area contributed by atoms with Crippen molar-refractivity contribution < 1.29 is 23.8 Å². The quantitative estimate of drug-likeness (QED) is 0.850. The smallest absolute Gasteiger partial charge is 0.303 e. The van der Waals surface area contributed by atoms with Gasteiger partial charge in [0.25, 0.3) is 0 Å². The van der Waals surface area contributed by atoms with Crippen LogP contribution in [0.15, 0.2) is 12.1 Å². The van der Waals surface area contributed by atoms with Gasteiger partial charge in [-0.15, -0.1) is 0 Å². The number of hydrogen-bond donors (Lipinski definition) is 1. The Morgan fingerprint density at radius 3 is 2.33 bits per heavy atom. The monoisotopic (exact) mass is 256 g/mol. The number of aryl methyl sites for hydroxylation is 1. The van der Waals surface area contributed by atoms with Crippen LogP contribution in [0.25, 0.3) is 0 Å². The zero-order valence-electron chi connectivity index (χ0n) is 10.7. The Labute approximate surface area is 105 Å². The van der Waals surface area contributed by atoms with Crippen LogP contribution in [0.5, 0.6) is 11.5 Å². The molecule has 1 N–H and O–H groups in total. The number of halogens is 1. The molecule has 0 saturated carbocycles. The minimum Gasteiger partial charge on any atom is -0.493 e. The highest BCUT2D eigenvalue weighted by atomic mass is 19.1. The maximum Gasteiger partial charge on any atom is 0.303 e. The van der Waals surface area contributed by atoms with Crippen molar-refractivity contribution in [3.8, 4) is 11.5 Å². The van der Waals surface area contributed by atoms with Crippen molar-refractivity contribution in [2.75, 3.05) is 14.2 Å². The van der Waals surface area contributed by atoms with E-state index < -0.39 is 12.1 Å². The number of ether oxygens (including phenoxy) is 2. The average molecular weight is 256 g/mol. The van der Waals surface area contributed by atoms with Gasteiger partial charge in [-0.1, -0.05) is 0 Å². The van der Waals surface area contributed by atoms with Crippen molar-refractivity contribution in [3.63, 3.8) is 0 Å². The summed E-state index contributed by atoms with van der Waals surface area (Å²) in [6.07, 6.45) is -0.970. The highest BCUT2D eigenvalue weighted by Gasteiger charge is 2.16. The summed E-state index contributed by atoms with van der Waals surface area (Å²) < 4.78 is 23.8. The van der Waals surface area contributed by atoms with Gasteiger partial charge in [0.2, 0.25) is 0 Å². The van der Waals surface area contributed by atoms with E-state index in [4.69, 9.17) is 14.6 Å². The molecule has 0 aliphatic rings. The molecular formula is C13H17FO4. The molecule has 0 heterocycles. The summed E-state index contributed by atoms with van der Waals surface area (Å²) in [6, 6.07) is 3.19. The standard InChI is InChI=1S/C13H17FO4/c1-8(14)10-7-12(18-3)11(17-2)6-9(10)4-5-13(15)16/h6-8H,4-5H2,1-3H3,(H,15,16). The molecule has 18 heavy (non-hydrogen) atoms. The van der Waals surface area contributed by atoms with Crippen LogP contribution < -0.4 is 9.47 Å². The number of aliphatic carboxylic acids is 1. The van der Waals surface area contributed by atoms with Crippen LogP contribution in [0, 0.1) is 0 Å². The number of carboxylic acid groups (broad SMARTS) is 1. The van der Waals surface area contributed by atoms with Crippen LogP contribution in [0.4, 0.5) is 4.39 Å². The molecule has 0 aromatic heterocycles. The second-order valence-corrected chi connectivity index (χ2v) is 3.92. The summed E-state index contributed by atoms with van der Waals surface area (Å²) in [5, 5.41) is 8.68. The van der Waals surface area contributed by atoms with Crippen molar-refractivity contribution in [2.45, 2.75) is 25.9 Å². The lowest BCUT2D eigenvalue weighted by Crippen LogP contribution is -2.03. The van der Waals surface area contributed by atoms with Gasteiger partial charge in [0.1, 0.15) is 6.17 Å². The van der Waals surface area contributed by atoms with Gasteiger partial charge in [-0.25, -0.2) is 4.39 Å². The van der Waals surface area contributed by atoms with Gasteiger partial charge >= 0.3 is 5.97 Å². The minimum atomic E-state index is -1.19. The number of hydrogen-bond acceptors (Lipinski definition) is 3. The molecule has 0 amide bonds. The van der Waals surface area contributed by atoms with Gasteiger partial charge in [0.15, 0.2) is 11.5 Å². The molecule has 1 aromatic carbocycles. The van der Waals surface area contributed by atoms with Gasteiger partial charge in [-0.2, -0.15) is 0 Å². The van der Waals surface area contributed by atoms with E-state index in [1.54, 1.807) is 12.1 Å². The third-order valence-electron chi connectivity index (χ3n) is 2.68. The maximum absolute atomic E-state index is 13.5. The Kier molecular flexibility index (Phi) is 4.95. The van der Waals surface area contributed by atoms with Gasteiger partial charge < -0.3 is 14.6 Å². The lowest BCUT2D eigenvalue weighted by Gasteiger charge is -2.15. The molecule has 0 fully saturated rings. The molecule has 100 valence electrons. The molecule has 1 unspecified atom stereocenters. The van der Waals surface area contributed by atoms with Crippen molar-refractivity contribution in [2.24, 2.45) is 0 Å². The van der Waals surface area contributed by atoms with Crippen LogP contribution in [-0.2, 0) is 11.2 Å². The SMILES string of the molecule is COc1cc(CCC(=O)O)c(C(C)F)cc1OC. The van der Waals surface area contributed by atoms with Crippen molar-refractivity contribution in [1.82, 2.24) is 0 Å². The maximum atomic E-state index is 13.5. The Bertz CT molecular complexity index is 429. The summed E-state index contributed by atoms with van der Waals surface area (Å²) in [6.45, 7) is 1.41. The van der Waals surface area contributed by atoms with E-state index in [0.29, 0.717) is 22.6 Å². The lowest BCUT2D eigenvalue weighted by molar-refractivity contribution is -0.136. The fourth-order valence-corrected chi connectivity index (χ4v) is 1.77. The predicted molar refractivity (Wildman–Crippen MR) is 65.0 cm³/mol. The van der Waals surface area contributed by atoms with E-state index >= 15 is 0 Å². The zero-order chi connectivity index (χ0) is 13.7. The zero-order valence-corrected chi connectivity index (χ0v) is 10.7. The largest absolute Gasteiger partial charge is 0.493 e. The molecule has 5 heteroatoms. The second kappa shape index (κ2) is 6.23. The van der Waals surface area contributed by atoms with E-state index in [-0.39, 0.29) is 12.8 Å². The van der Waals surface area contributed by atoms with E-state index in [1.807, 2.05) is 0 Å². The predicted octanol–water partition coefficient (Wildman–Crippen LogP) is 2.75. The molecule has 1 rings (SSSR count). The third kappa shape index (κ3) is 3.35. The molecular weight excluding hydrogens is 239 g/mol. The van der Waals surface area contributed by atoms with Gasteiger partial charge in [-0.05, 0) is 36.6 Å². The summed E-state index contributed by atoms with van der Waals surface area (Å²) in [5.74, 6) is 0.000565. The number of rotatable bonds is 6. The lowest BCUT2D eigenvalue weighted by atomic mass is 9.99. The molecule has 0 bridgehead atoms. The summed E-state index contributed by atoms with van der Waals surface area (Å²) >= 11 is 0. The molecule has 0 aliphatic heterocycles. The number of benzene rings is 1. The fourth-order valence-electron chi connectivity index (χ4n) is 1.77. The number of carboxylic acids is 1. The summed E-state index contributed by atoms with van der Waals surface area (Å²) in [5.41, 5.74) is 1.07. The van der Waals surface area contributed by atoms with Crippen LogP contribution in [0.1, 0.15) is 30.6 Å². The molecule has 0 spiro atoms. The molecule has 4 nitrogen and oxygen atoms in total. The van der Waals surface area contributed by atoms with E-state index in [0.717, 1.165) is 0 Å². The van der Waals surface area contributed by atoms with Gasteiger partial charge in [0.05, 0.1) is 14.2 Å². The number of alkyl halides is 1. The van der Waals surface area contributed by atoms with Crippen LogP contribution >= 0.6 is 0 Å². The minimum absolute atomic E-state index is 0.0464. The number of methoxy groups -OCH3 is 2. The highest BCUT2D eigenvalue weighted by Crippen LogP contribution is 2.34. The normalized spacial score (nSPS) is 12.0. The van der Waals surface area contributed by atoms with E-state index in [2.05, 4.69) is 0 Å². The Morgan fingerprint density at radius 1 is 1.33 bits per heavy atom. The Morgan fingerprint density at radius 2 is 1.89 bits per heavy atom. The van der Waals surface area contributed by atoms with Crippen LogP contribution in [-0.4, -0.2) is 25.3 Å². The Hall–Kier alpha value is -1.78. The summed E-state index contributed by atoms with van der Waals surface area (Å²) in [4.78, 5) is 10.6. The Balaban J connectivity index is 3.15. The van der Waals surface area contributed by atoms with Gasteiger partial charge in [-0.3, -0.25) is 4.79 Å². The first-order valence-corrected chi connectivity index (χ1v) is 5.60. The molecule has 0 aliphatic carbocycles. The first kappa shape index (κ1) is 14.3. The van der Waals surface area contributed by atoms with Crippen LogP contribution in [0.2, 0.25) is 0 Å². The molecule has 0 radical (unpaired) electrons. The summed E-state index contributed by atoms with van der Waals surface area (Å²) in [7, 11) is 2.96. The van der Waals surface area contributed by atoms with Crippen molar-refractivity contribution >= 4 is 5.97 Å². The average Bonchev–Trinajstić information content (AvgIpc) is 2.34. The molecule has 1 aromatic rings. The highest BCUT2D eigenvalue weighted by molar-refractivity contribution is 5.67. The number of carbonyl (C=O) groups is 1. The third-order valence-corrected chi connectivity index (χ3v) is 2.68.